The lowest BCUT2D eigenvalue weighted by Gasteiger charge is -2.13. The van der Waals surface area contributed by atoms with E-state index in [4.69, 9.17) is 0 Å². The van der Waals surface area contributed by atoms with Crippen molar-refractivity contribution in [3.05, 3.63) is 35.4 Å². The van der Waals surface area contributed by atoms with Crippen molar-refractivity contribution in [2.45, 2.75) is 32.6 Å². The van der Waals surface area contributed by atoms with Gasteiger partial charge in [0.05, 0.1) is 0 Å². The van der Waals surface area contributed by atoms with Crippen LogP contribution in [0.15, 0.2) is 24.3 Å². The molecule has 1 heteroatoms. The molecule has 0 aromatic heterocycles. The van der Waals surface area contributed by atoms with E-state index in [1.807, 2.05) is 0 Å². The maximum Gasteiger partial charge on any atom is 0.00477 e. The van der Waals surface area contributed by atoms with Gasteiger partial charge in [-0.25, -0.2) is 0 Å². The van der Waals surface area contributed by atoms with Gasteiger partial charge in [-0.3, -0.25) is 0 Å². The van der Waals surface area contributed by atoms with Crippen molar-refractivity contribution in [3.63, 3.8) is 0 Å². The minimum atomic E-state index is 0.751. The summed E-state index contributed by atoms with van der Waals surface area (Å²) in [4.78, 5) is 2.43. The second-order valence-corrected chi connectivity index (χ2v) is 5.59. The van der Waals surface area contributed by atoms with Crippen LogP contribution in [0.1, 0.15) is 37.3 Å². The molecule has 88 valence electrons. The Hall–Kier alpha value is -0.820. The Balaban J connectivity index is 2.09. The maximum absolute atomic E-state index is 2.43. The molecule has 0 radical (unpaired) electrons. The fourth-order valence-electron chi connectivity index (χ4n) is 2.65. The van der Waals surface area contributed by atoms with Crippen molar-refractivity contribution in [1.82, 2.24) is 4.90 Å². The molecular weight excluding hydrogens is 194 g/mol. The van der Waals surface area contributed by atoms with Crippen molar-refractivity contribution < 1.29 is 0 Å². The number of hydrogen-bond donors (Lipinski definition) is 0. The number of rotatable bonds is 3. The summed E-state index contributed by atoms with van der Waals surface area (Å²) in [5.74, 6) is 1.51. The van der Waals surface area contributed by atoms with Gasteiger partial charge in [0.2, 0.25) is 0 Å². The van der Waals surface area contributed by atoms with E-state index < -0.39 is 0 Å². The van der Waals surface area contributed by atoms with Gasteiger partial charge in [0.15, 0.2) is 0 Å². The van der Waals surface area contributed by atoms with E-state index in [-0.39, 0.29) is 0 Å². The van der Waals surface area contributed by atoms with Gasteiger partial charge in [-0.15, -0.1) is 0 Å². The Morgan fingerprint density at radius 2 is 2.19 bits per heavy atom. The summed E-state index contributed by atoms with van der Waals surface area (Å²) in [6.07, 6.45) is 2.53. The van der Waals surface area contributed by atoms with E-state index in [2.05, 4.69) is 50.1 Å². The van der Waals surface area contributed by atoms with Crippen LogP contribution >= 0.6 is 0 Å². The van der Waals surface area contributed by atoms with Gasteiger partial charge in [-0.05, 0) is 49.4 Å². The Morgan fingerprint density at radius 3 is 2.81 bits per heavy atom. The van der Waals surface area contributed by atoms with Crippen LogP contribution in [0.5, 0.6) is 0 Å². The Labute approximate surface area is 99.5 Å². The number of hydrogen-bond acceptors (Lipinski definition) is 1. The predicted molar refractivity (Wildman–Crippen MR) is 69.8 cm³/mol. The van der Waals surface area contributed by atoms with E-state index in [0.717, 1.165) is 11.8 Å². The number of benzene rings is 1. The smallest absolute Gasteiger partial charge is 0.00477 e. The summed E-state index contributed by atoms with van der Waals surface area (Å²) >= 11 is 0. The highest BCUT2D eigenvalue weighted by molar-refractivity contribution is 5.27. The van der Waals surface area contributed by atoms with Gasteiger partial charge >= 0.3 is 0 Å². The molecule has 1 aromatic carbocycles. The molecule has 0 bridgehead atoms. The van der Waals surface area contributed by atoms with Gasteiger partial charge < -0.3 is 4.90 Å². The van der Waals surface area contributed by atoms with Crippen molar-refractivity contribution in [2.75, 3.05) is 20.1 Å². The molecule has 16 heavy (non-hydrogen) atoms. The molecule has 0 spiro atoms. The number of nitrogens with zero attached hydrogens (tertiary/aromatic N) is 1. The molecule has 1 unspecified atom stereocenters. The first kappa shape index (κ1) is 11.7. The van der Waals surface area contributed by atoms with Gasteiger partial charge in [-0.2, -0.15) is 0 Å². The third-order valence-electron chi connectivity index (χ3n) is 3.46. The lowest BCUT2D eigenvalue weighted by Crippen LogP contribution is -2.13. The fourth-order valence-corrected chi connectivity index (χ4v) is 2.65. The van der Waals surface area contributed by atoms with Crippen LogP contribution in [-0.2, 0) is 6.42 Å². The Kier molecular flexibility index (Phi) is 3.65. The highest BCUT2D eigenvalue weighted by Gasteiger charge is 2.20. The van der Waals surface area contributed by atoms with Gasteiger partial charge in [0.25, 0.3) is 0 Å². The third kappa shape index (κ3) is 2.85. The first-order chi connectivity index (χ1) is 7.65. The molecule has 1 aromatic rings. The summed E-state index contributed by atoms with van der Waals surface area (Å²) < 4.78 is 0. The molecule has 1 aliphatic heterocycles. The standard InChI is InChI=1S/C15H23N/c1-12(2)9-13-5-4-6-14(10-13)15-7-8-16(3)11-15/h4-6,10,12,15H,7-9,11H2,1-3H3. The van der Waals surface area contributed by atoms with Crippen LogP contribution in [0.4, 0.5) is 0 Å². The minimum Gasteiger partial charge on any atom is -0.306 e. The predicted octanol–water partition coefficient (Wildman–Crippen LogP) is 3.30. The van der Waals surface area contributed by atoms with E-state index in [1.165, 1.54) is 31.5 Å². The van der Waals surface area contributed by atoms with Gasteiger partial charge in [-0.1, -0.05) is 38.1 Å². The zero-order valence-electron chi connectivity index (χ0n) is 10.7. The van der Waals surface area contributed by atoms with Crippen LogP contribution in [0, 0.1) is 5.92 Å². The van der Waals surface area contributed by atoms with Crippen LogP contribution in [0.2, 0.25) is 0 Å². The molecule has 0 saturated carbocycles. The summed E-state index contributed by atoms with van der Waals surface area (Å²) in [5.41, 5.74) is 3.05. The van der Waals surface area contributed by atoms with Crippen molar-refractivity contribution in [2.24, 2.45) is 5.92 Å². The third-order valence-corrected chi connectivity index (χ3v) is 3.46. The Morgan fingerprint density at radius 1 is 1.38 bits per heavy atom. The van der Waals surface area contributed by atoms with Crippen molar-refractivity contribution >= 4 is 0 Å². The second-order valence-electron chi connectivity index (χ2n) is 5.59. The topological polar surface area (TPSA) is 3.24 Å². The molecule has 1 aliphatic rings. The zero-order valence-corrected chi connectivity index (χ0v) is 10.7. The van der Waals surface area contributed by atoms with E-state index in [9.17, 15) is 0 Å². The van der Waals surface area contributed by atoms with Gasteiger partial charge in [0.1, 0.15) is 0 Å². The van der Waals surface area contributed by atoms with Crippen molar-refractivity contribution in [1.29, 1.82) is 0 Å². The van der Waals surface area contributed by atoms with Crippen molar-refractivity contribution in [3.8, 4) is 0 Å². The average molecular weight is 217 g/mol. The fraction of sp³-hybridized carbons (Fsp3) is 0.600. The molecule has 1 fully saturated rings. The maximum atomic E-state index is 2.43. The van der Waals surface area contributed by atoms with Crippen LogP contribution in [0.3, 0.4) is 0 Å². The monoisotopic (exact) mass is 217 g/mol. The molecule has 1 heterocycles. The molecule has 0 amide bonds. The highest BCUT2D eigenvalue weighted by atomic mass is 15.1. The molecule has 1 saturated heterocycles. The molecule has 1 nitrogen and oxygen atoms in total. The number of likely N-dealkylation sites (tertiary alicyclic amines) is 1. The molecule has 0 N–H and O–H groups in total. The van der Waals surface area contributed by atoms with E-state index in [1.54, 1.807) is 5.56 Å². The molecule has 0 aliphatic carbocycles. The van der Waals surface area contributed by atoms with E-state index >= 15 is 0 Å². The van der Waals surface area contributed by atoms with Crippen LogP contribution in [0.25, 0.3) is 0 Å². The zero-order chi connectivity index (χ0) is 11.5. The lowest BCUT2D eigenvalue weighted by molar-refractivity contribution is 0.411. The first-order valence-corrected chi connectivity index (χ1v) is 6.42. The van der Waals surface area contributed by atoms with E-state index in [0.29, 0.717) is 0 Å². The summed E-state index contributed by atoms with van der Waals surface area (Å²) in [7, 11) is 2.22. The molecule has 2 rings (SSSR count). The SMILES string of the molecule is CC(C)Cc1cccc(C2CCN(C)C2)c1. The highest BCUT2D eigenvalue weighted by Crippen LogP contribution is 2.27. The average Bonchev–Trinajstić information content (AvgIpc) is 2.64. The molecule has 1 atom stereocenters. The Bertz CT molecular complexity index is 343. The largest absolute Gasteiger partial charge is 0.306 e. The normalized spacial score (nSPS) is 21.9. The quantitative estimate of drug-likeness (QED) is 0.751. The lowest BCUT2D eigenvalue weighted by atomic mass is 9.94. The first-order valence-electron chi connectivity index (χ1n) is 6.42. The molecular formula is C15H23N. The van der Waals surface area contributed by atoms with Crippen LogP contribution in [-0.4, -0.2) is 25.0 Å². The number of likely N-dealkylation sites (N-methyl/N-ethyl adjacent to an activating group) is 1. The second kappa shape index (κ2) is 5.01. The minimum absolute atomic E-state index is 0.751. The summed E-state index contributed by atoms with van der Waals surface area (Å²) in [5, 5.41) is 0. The summed E-state index contributed by atoms with van der Waals surface area (Å²) in [6, 6.07) is 9.21. The van der Waals surface area contributed by atoms with Gasteiger partial charge in [0, 0.05) is 6.54 Å². The van der Waals surface area contributed by atoms with Crippen LogP contribution < -0.4 is 0 Å². The summed E-state index contributed by atoms with van der Waals surface area (Å²) in [6.45, 7) is 7.05.